The number of carbonyl (C=O) groups excluding carboxylic acids is 1. The molecule has 1 amide bonds. The summed E-state index contributed by atoms with van der Waals surface area (Å²) in [4.78, 5) is 16.3. The number of benzene rings is 2. The van der Waals surface area contributed by atoms with E-state index in [1.807, 2.05) is 43.3 Å². The summed E-state index contributed by atoms with van der Waals surface area (Å²) in [6.07, 6.45) is 2.28. The molecule has 2 aromatic carbocycles. The third kappa shape index (κ3) is 3.27. The predicted molar refractivity (Wildman–Crippen MR) is 106 cm³/mol. The molecular weight excluding hydrogens is 354 g/mol. The van der Waals surface area contributed by atoms with Gasteiger partial charge in [0.2, 0.25) is 5.91 Å². The highest BCUT2D eigenvalue weighted by Gasteiger charge is 2.15. The van der Waals surface area contributed by atoms with Crippen LogP contribution in [0.3, 0.4) is 0 Å². The smallest absolute Gasteiger partial charge is 0.272 e. The SMILES string of the molecule is CCc1nnc(-n2ncc3c(C(N)=O)cccc32)nc1NCc1ccccc1. The minimum Gasteiger partial charge on any atom is -0.366 e. The van der Waals surface area contributed by atoms with Gasteiger partial charge in [-0.25, -0.2) is 0 Å². The van der Waals surface area contributed by atoms with Crippen LogP contribution in [0.25, 0.3) is 16.9 Å². The number of nitrogens with two attached hydrogens (primary N) is 1. The van der Waals surface area contributed by atoms with E-state index in [2.05, 4.69) is 25.6 Å². The van der Waals surface area contributed by atoms with Crippen LogP contribution in [-0.4, -0.2) is 30.9 Å². The molecule has 8 heteroatoms. The lowest BCUT2D eigenvalue weighted by atomic mass is 10.1. The summed E-state index contributed by atoms with van der Waals surface area (Å²) >= 11 is 0. The van der Waals surface area contributed by atoms with E-state index in [1.54, 1.807) is 23.0 Å². The molecule has 8 nitrogen and oxygen atoms in total. The van der Waals surface area contributed by atoms with E-state index in [9.17, 15) is 4.79 Å². The largest absolute Gasteiger partial charge is 0.366 e. The number of amides is 1. The molecule has 0 fully saturated rings. The Morgan fingerprint density at radius 1 is 1.11 bits per heavy atom. The molecule has 0 radical (unpaired) electrons. The number of nitrogens with zero attached hydrogens (tertiary/aromatic N) is 5. The maximum Gasteiger partial charge on any atom is 0.272 e. The molecule has 0 aliphatic carbocycles. The zero-order valence-corrected chi connectivity index (χ0v) is 15.3. The summed E-state index contributed by atoms with van der Waals surface area (Å²) < 4.78 is 1.56. The lowest BCUT2D eigenvalue weighted by Crippen LogP contribution is -2.13. The van der Waals surface area contributed by atoms with Gasteiger partial charge in [0, 0.05) is 11.9 Å². The monoisotopic (exact) mass is 373 g/mol. The quantitative estimate of drug-likeness (QED) is 0.537. The second kappa shape index (κ2) is 7.43. The van der Waals surface area contributed by atoms with Crippen molar-refractivity contribution >= 4 is 22.6 Å². The van der Waals surface area contributed by atoms with Gasteiger partial charge in [-0.05, 0) is 24.1 Å². The first kappa shape index (κ1) is 17.6. The Labute approximate surface area is 161 Å². The van der Waals surface area contributed by atoms with E-state index >= 15 is 0 Å². The summed E-state index contributed by atoms with van der Waals surface area (Å²) in [7, 11) is 0. The highest BCUT2D eigenvalue weighted by atomic mass is 16.1. The molecule has 0 aliphatic rings. The molecule has 0 aliphatic heterocycles. The van der Waals surface area contributed by atoms with Crippen molar-refractivity contribution in [2.45, 2.75) is 19.9 Å². The average molecular weight is 373 g/mol. The van der Waals surface area contributed by atoms with E-state index in [-0.39, 0.29) is 0 Å². The van der Waals surface area contributed by atoms with Crippen molar-refractivity contribution in [3.8, 4) is 5.95 Å². The van der Waals surface area contributed by atoms with Gasteiger partial charge < -0.3 is 11.1 Å². The highest BCUT2D eigenvalue weighted by molar-refractivity contribution is 6.05. The number of hydrogen-bond acceptors (Lipinski definition) is 6. The normalized spacial score (nSPS) is 10.9. The molecule has 3 N–H and O–H groups in total. The molecule has 2 heterocycles. The van der Waals surface area contributed by atoms with Gasteiger partial charge in [-0.2, -0.15) is 14.8 Å². The van der Waals surface area contributed by atoms with Crippen molar-refractivity contribution in [1.29, 1.82) is 0 Å². The van der Waals surface area contributed by atoms with Gasteiger partial charge in [0.25, 0.3) is 5.95 Å². The summed E-state index contributed by atoms with van der Waals surface area (Å²) in [5, 5.41) is 16.8. The fraction of sp³-hybridized carbons (Fsp3) is 0.150. The maximum absolute atomic E-state index is 11.6. The fourth-order valence-electron chi connectivity index (χ4n) is 3.02. The fourth-order valence-corrected chi connectivity index (χ4v) is 3.02. The first-order valence-electron chi connectivity index (χ1n) is 8.95. The predicted octanol–water partition coefficient (Wildman–Crippen LogP) is 2.48. The van der Waals surface area contributed by atoms with Crippen LogP contribution in [0.1, 0.15) is 28.5 Å². The topological polar surface area (TPSA) is 112 Å². The Morgan fingerprint density at radius 2 is 1.93 bits per heavy atom. The van der Waals surface area contributed by atoms with Crippen LogP contribution in [0.15, 0.2) is 54.7 Å². The van der Waals surface area contributed by atoms with E-state index in [1.165, 1.54) is 0 Å². The standard InChI is InChI=1S/C20H19N7O/c1-2-16-19(22-11-13-7-4-3-5-8-13)24-20(26-25-16)27-17-10-6-9-14(18(21)28)15(17)12-23-27/h3-10,12H,2,11H2,1H3,(H2,21,28)(H,22,24,26). The van der Waals surface area contributed by atoms with Crippen LogP contribution in [0.2, 0.25) is 0 Å². The Hall–Kier alpha value is -3.81. The number of hydrogen-bond donors (Lipinski definition) is 2. The van der Waals surface area contributed by atoms with Crippen molar-refractivity contribution in [1.82, 2.24) is 25.0 Å². The second-order valence-corrected chi connectivity index (χ2v) is 6.26. The first-order chi connectivity index (χ1) is 13.7. The Morgan fingerprint density at radius 3 is 2.68 bits per heavy atom. The molecule has 0 spiro atoms. The van der Waals surface area contributed by atoms with Crippen LogP contribution in [-0.2, 0) is 13.0 Å². The molecule has 28 heavy (non-hydrogen) atoms. The molecule has 0 bridgehead atoms. The molecule has 4 rings (SSSR count). The number of rotatable bonds is 6. The number of anilines is 1. The van der Waals surface area contributed by atoms with Gasteiger partial charge in [-0.3, -0.25) is 4.79 Å². The van der Waals surface area contributed by atoms with Gasteiger partial charge in [0.1, 0.15) is 5.69 Å². The van der Waals surface area contributed by atoms with E-state index in [0.717, 1.165) is 11.3 Å². The van der Waals surface area contributed by atoms with Crippen LogP contribution < -0.4 is 11.1 Å². The average Bonchev–Trinajstić information content (AvgIpc) is 3.17. The van der Waals surface area contributed by atoms with Gasteiger partial charge in [-0.1, -0.05) is 43.3 Å². The molecule has 0 unspecified atom stereocenters. The molecular formula is C20H19N7O. The summed E-state index contributed by atoms with van der Waals surface area (Å²) in [6.45, 7) is 2.62. The maximum atomic E-state index is 11.6. The lowest BCUT2D eigenvalue weighted by Gasteiger charge is -2.10. The van der Waals surface area contributed by atoms with Gasteiger partial charge in [-0.15, -0.1) is 10.2 Å². The molecule has 0 saturated carbocycles. The minimum atomic E-state index is -0.504. The van der Waals surface area contributed by atoms with E-state index in [4.69, 9.17) is 5.73 Å². The zero-order valence-electron chi connectivity index (χ0n) is 15.3. The molecule has 2 aromatic heterocycles. The van der Waals surface area contributed by atoms with Gasteiger partial charge in [0.05, 0.1) is 17.3 Å². The molecule has 140 valence electrons. The summed E-state index contributed by atoms with van der Waals surface area (Å²) in [5.74, 6) is 0.478. The van der Waals surface area contributed by atoms with Crippen molar-refractivity contribution in [3.05, 3.63) is 71.5 Å². The number of nitrogens with one attached hydrogen (secondary N) is 1. The number of primary amides is 1. The Balaban J connectivity index is 1.72. The first-order valence-corrected chi connectivity index (χ1v) is 8.95. The molecule has 4 aromatic rings. The van der Waals surface area contributed by atoms with Crippen molar-refractivity contribution in [3.63, 3.8) is 0 Å². The molecule has 0 saturated heterocycles. The van der Waals surface area contributed by atoms with E-state index in [0.29, 0.717) is 41.2 Å². The third-order valence-corrected chi connectivity index (χ3v) is 4.45. The number of aromatic nitrogens is 5. The summed E-state index contributed by atoms with van der Waals surface area (Å²) in [6, 6.07) is 15.3. The van der Waals surface area contributed by atoms with Crippen LogP contribution in [0.4, 0.5) is 5.82 Å². The van der Waals surface area contributed by atoms with Crippen LogP contribution in [0.5, 0.6) is 0 Å². The zero-order chi connectivity index (χ0) is 19.5. The van der Waals surface area contributed by atoms with Crippen molar-refractivity contribution in [2.24, 2.45) is 5.73 Å². The number of carbonyl (C=O) groups is 1. The molecule has 0 atom stereocenters. The number of fused-ring (bicyclic) bond motifs is 1. The minimum absolute atomic E-state index is 0.324. The van der Waals surface area contributed by atoms with Crippen molar-refractivity contribution in [2.75, 3.05) is 5.32 Å². The highest BCUT2D eigenvalue weighted by Crippen LogP contribution is 2.21. The second-order valence-electron chi connectivity index (χ2n) is 6.26. The van der Waals surface area contributed by atoms with E-state index < -0.39 is 5.91 Å². The van der Waals surface area contributed by atoms with Crippen LogP contribution >= 0.6 is 0 Å². The van der Waals surface area contributed by atoms with Crippen LogP contribution in [0, 0.1) is 0 Å². The Kier molecular flexibility index (Phi) is 4.67. The van der Waals surface area contributed by atoms with Gasteiger partial charge in [0.15, 0.2) is 5.82 Å². The Bertz CT molecular complexity index is 1140. The number of aryl methyl sites for hydroxylation is 1. The lowest BCUT2D eigenvalue weighted by molar-refractivity contribution is 0.100. The summed E-state index contributed by atoms with van der Waals surface area (Å²) in [5.41, 5.74) is 8.46. The van der Waals surface area contributed by atoms with Gasteiger partial charge >= 0.3 is 0 Å². The third-order valence-electron chi connectivity index (χ3n) is 4.45. The van der Waals surface area contributed by atoms with Crippen molar-refractivity contribution < 1.29 is 4.79 Å².